The van der Waals surface area contributed by atoms with Crippen molar-refractivity contribution in [2.45, 2.75) is 13.5 Å². The van der Waals surface area contributed by atoms with Crippen molar-refractivity contribution in [3.05, 3.63) is 52.9 Å². The highest BCUT2D eigenvalue weighted by atomic mass is 16.3. The van der Waals surface area contributed by atoms with Crippen molar-refractivity contribution in [2.24, 2.45) is 10.2 Å². The average Bonchev–Trinajstić information content (AvgIpc) is 2.84. The molecule has 1 aromatic heterocycles. The van der Waals surface area contributed by atoms with Gasteiger partial charge in [-0.05, 0) is 39.2 Å². The summed E-state index contributed by atoms with van der Waals surface area (Å²) in [4.78, 5) is 48.7. The summed E-state index contributed by atoms with van der Waals surface area (Å²) in [5.41, 5.74) is 1.87. The Morgan fingerprint density at radius 1 is 1.34 bits per heavy atom. The molecule has 0 radical (unpaired) electrons. The van der Waals surface area contributed by atoms with Crippen molar-refractivity contribution >= 4 is 23.7 Å². The number of carbonyl (C=O) groups excluding carboxylic acids is 2. The van der Waals surface area contributed by atoms with E-state index in [4.69, 9.17) is 0 Å². The summed E-state index contributed by atoms with van der Waals surface area (Å²) in [5, 5.41) is 2.38. The molecule has 154 valence electrons. The van der Waals surface area contributed by atoms with Gasteiger partial charge in [0.15, 0.2) is 0 Å². The minimum atomic E-state index is -0.836. The van der Waals surface area contributed by atoms with Gasteiger partial charge in [-0.1, -0.05) is 6.08 Å². The molecule has 0 N–H and O–H groups in total. The maximum atomic E-state index is 12.8. The van der Waals surface area contributed by atoms with E-state index in [0.29, 0.717) is 19.6 Å². The Morgan fingerprint density at radius 2 is 2.14 bits per heavy atom. The van der Waals surface area contributed by atoms with Gasteiger partial charge in [0.2, 0.25) is 5.91 Å². The van der Waals surface area contributed by atoms with Gasteiger partial charge in [0.05, 0.1) is 17.9 Å². The monoisotopic (exact) mass is 398 g/mol. The summed E-state index contributed by atoms with van der Waals surface area (Å²) in [6, 6.07) is 3.76. The van der Waals surface area contributed by atoms with Crippen molar-refractivity contribution in [1.29, 1.82) is 0 Å². The molecule has 29 heavy (non-hydrogen) atoms. The molecule has 1 aliphatic heterocycles. The van der Waals surface area contributed by atoms with Crippen LogP contribution in [0.15, 0.2) is 52.4 Å². The first kappa shape index (κ1) is 22.3. The van der Waals surface area contributed by atoms with E-state index in [1.54, 1.807) is 24.2 Å². The van der Waals surface area contributed by atoms with Crippen molar-refractivity contribution in [3.63, 3.8) is 0 Å². The number of carbonyl (C=O) groups is 2. The number of aromatic nitrogens is 1. The van der Waals surface area contributed by atoms with E-state index < -0.39 is 5.91 Å². The Kier molecular flexibility index (Phi) is 8.50. The number of nitroso groups, excluding NO2 is 1. The number of aliphatic imine (C=N–C) groups is 1. The molecule has 9 heteroatoms. The standard InChI is InChI=1S/C20H26N6O3/c1-4-16(20(28)23-29)7-9-21-10-11-25-14-17-18(6-5-8-22-17)26(19(27)15-25)13-12-24(2)3/h4-10H,11-15H2,1-3H3/b9-7-,16-4+,21-10?. The molecule has 2 heterocycles. The maximum Gasteiger partial charge on any atom is 0.316 e. The molecule has 0 saturated carbocycles. The molecule has 0 bridgehead atoms. The van der Waals surface area contributed by atoms with Gasteiger partial charge >= 0.3 is 5.91 Å². The summed E-state index contributed by atoms with van der Waals surface area (Å²) in [6.07, 6.45) is 7.72. The van der Waals surface area contributed by atoms with Crippen LogP contribution in [0.1, 0.15) is 12.6 Å². The second-order valence-corrected chi connectivity index (χ2v) is 6.78. The summed E-state index contributed by atoms with van der Waals surface area (Å²) < 4.78 is 0. The topological polar surface area (TPSA) is 98.5 Å². The van der Waals surface area contributed by atoms with Gasteiger partial charge in [-0.25, -0.2) is 0 Å². The number of anilines is 1. The number of rotatable bonds is 8. The minimum absolute atomic E-state index is 0.0152. The first-order chi connectivity index (χ1) is 14.0. The number of pyridine rings is 1. The molecule has 2 amide bonds. The van der Waals surface area contributed by atoms with Gasteiger partial charge in [-0.2, -0.15) is 0 Å². The highest BCUT2D eigenvalue weighted by molar-refractivity contribution is 5.97. The first-order valence-electron chi connectivity index (χ1n) is 9.29. The van der Waals surface area contributed by atoms with Gasteiger partial charge in [0, 0.05) is 55.5 Å². The lowest BCUT2D eigenvalue weighted by Crippen LogP contribution is -2.41. The van der Waals surface area contributed by atoms with E-state index >= 15 is 0 Å². The SMILES string of the molecule is C/C=C(\C=C/N=CCN1CC(=O)N(CCN(C)C)c2cccnc2C1)C(=O)N=O. The van der Waals surface area contributed by atoms with Crippen LogP contribution in [-0.2, 0) is 16.1 Å². The summed E-state index contributed by atoms with van der Waals surface area (Å²) >= 11 is 0. The van der Waals surface area contributed by atoms with E-state index in [-0.39, 0.29) is 18.0 Å². The lowest BCUT2D eigenvalue weighted by molar-refractivity contribution is -0.119. The minimum Gasteiger partial charge on any atom is -0.308 e. The Bertz CT molecular complexity index is 831. The predicted molar refractivity (Wildman–Crippen MR) is 113 cm³/mol. The lowest BCUT2D eigenvalue weighted by atomic mass is 10.2. The third kappa shape index (κ3) is 6.51. The Morgan fingerprint density at radius 3 is 2.83 bits per heavy atom. The highest BCUT2D eigenvalue weighted by Gasteiger charge is 2.26. The molecule has 2 rings (SSSR count). The van der Waals surface area contributed by atoms with E-state index in [2.05, 4.69) is 15.2 Å². The van der Waals surface area contributed by atoms with E-state index in [9.17, 15) is 14.5 Å². The molecule has 1 aromatic rings. The summed E-state index contributed by atoms with van der Waals surface area (Å²) in [5.74, 6) is -0.820. The van der Waals surface area contributed by atoms with Crippen molar-refractivity contribution in [1.82, 2.24) is 14.8 Å². The van der Waals surface area contributed by atoms with Crippen LogP contribution in [-0.4, -0.2) is 73.1 Å². The number of hydrogen-bond acceptors (Lipinski definition) is 7. The van der Waals surface area contributed by atoms with Crippen LogP contribution in [0, 0.1) is 4.91 Å². The van der Waals surface area contributed by atoms with Crippen LogP contribution in [0.25, 0.3) is 0 Å². The average molecular weight is 398 g/mol. The molecular formula is C20H26N6O3. The van der Waals surface area contributed by atoms with E-state index in [1.165, 1.54) is 18.4 Å². The Hall–Kier alpha value is -3.04. The summed E-state index contributed by atoms with van der Waals surface area (Å²) in [7, 11) is 3.95. The van der Waals surface area contributed by atoms with Crippen molar-refractivity contribution in [2.75, 3.05) is 45.2 Å². The normalized spacial score (nSPS) is 15.9. The number of allylic oxidation sites excluding steroid dienone is 1. The van der Waals surface area contributed by atoms with Gasteiger partial charge < -0.3 is 9.80 Å². The summed E-state index contributed by atoms with van der Waals surface area (Å²) in [6.45, 7) is 4.23. The number of likely N-dealkylation sites (N-methyl/N-ethyl adjacent to an activating group) is 1. The zero-order valence-corrected chi connectivity index (χ0v) is 17.0. The molecule has 0 atom stereocenters. The Balaban J connectivity index is 2.06. The zero-order chi connectivity index (χ0) is 21.2. The molecule has 1 aliphatic rings. The molecular weight excluding hydrogens is 372 g/mol. The van der Waals surface area contributed by atoms with Crippen LogP contribution in [0.4, 0.5) is 5.69 Å². The molecule has 0 saturated heterocycles. The first-order valence-corrected chi connectivity index (χ1v) is 9.29. The highest BCUT2D eigenvalue weighted by Crippen LogP contribution is 2.23. The third-order valence-corrected chi connectivity index (χ3v) is 4.39. The number of hydrogen-bond donors (Lipinski definition) is 0. The molecule has 0 unspecified atom stereocenters. The molecule has 0 aromatic carbocycles. The van der Waals surface area contributed by atoms with Crippen LogP contribution in [0.5, 0.6) is 0 Å². The smallest absolute Gasteiger partial charge is 0.308 e. The van der Waals surface area contributed by atoms with E-state index in [0.717, 1.165) is 17.9 Å². The van der Waals surface area contributed by atoms with Crippen molar-refractivity contribution < 1.29 is 9.59 Å². The van der Waals surface area contributed by atoms with Gasteiger partial charge in [-0.15, -0.1) is 4.91 Å². The fraction of sp³-hybridized carbons (Fsp3) is 0.400. The number of amides is 2. The maximum absolute atomic E-state index is 12.8. The Labute approximate surface area is 170 Å². The molecule has 9 nitrogen and oxygen atoms in total. The second-order valence-electron chi connectivity index (χ2n) is 6.78. The third-order valence-electron chi connectivity index (χ3n) is 4.39. The largest absolute Gasteiger partial charge is 0.316 e. The van der Waals surface area contributed by atoms with Crippen molar-refractivity contribution in [3.8, 4) is 0 Å². The van der Waals surface area contributed by atoms with Crippen LogP contribution in [0.3, 0.4) is 0 Å². The van der Waals surface area contributed by atoms with E-state index in [1.807, 2.05) is 36.0 Å². The molecule has 0 fully saturated rings. The lowest BCUT2D eigenvalue weighted by Gasteiger charge is -2.24. The zero-order valence-electron chi connectivity index (χ0n) is 17.0. The number of fused-ring (bicyclic) bond motifs is 1. The molecule has 0 aliphatic carbocycles. The van der Waals surface area contributed by atoms with Gasteiger partial charge in [0.1, 0.15) is 0 Å². The molecule has 0 spiro atoms. The van der Waals surface area contributed by atoms with Gasteiger partial charge in [0.25, 0.3) is 0 Å². The quantitative estimate of drug-likeness (QED) is 0.286. The van der Waals surface area contributed by atoms with Crippen LogP contribution in [0.2, 0.25) is 0 Å². The van der Waals surface area contributed by atoms with Gasteiger partial charge in [-0.3, -0.25) is 24.5 Å². The van der Waals surface area contributed by atoms with Crippen LogP contribution >= 0.6 is 0 Å². The second kappa shape index (κ2) is 11.1. The predicted octanol–water partition coefficient (Wildman–Crippen LogP) is 1.62. The fourth-order valence-corrected chi connectivity index (χ4v) is 2.84. The fourth-order valence-electron chi connectivity index (χ4n) is 2.84. The number of nitrogens with zero attached hydrogens (tertiary/aromatic N) is 6. The van der Waals surface area contributed by atoms with Crippen LogP contribution < -0.4 is 4.90 Å².